The Labute approximate surface area is 113 Å². The smallest absolute Gasteiger partial charge is 0.163 e. The summed E-state index contributed by atoms with van der Waals surface area (Å²) >= 11 is 0. The Bertz CT molecular complexity index is 605. The molecule has 98 valence electrons. The largest absolute Gasteiger partial charge is 0.487 e. The van der Waals surface area contributed by atoms with Crippen LogP contribution in [-0.2, 0) is 6.61 Å². The zero-order valence-corrected chi connectivity index (χ0v) is 11.4. The number of Topliss-reactive ketones (excluding diaryl/α,β-unsaturated/α-hetero) is 1. The number of hydrogen-bond acceptors (Lipinski definition) is 3. The predicted molar refractivity (Wildman–Crippen MR) is 74.5 cm³/mol. The molecule has 2 rings (SSSR count). The summed E-state index contributed by atoms with van der Waals surface area (Å²) in [6, 6.07) is 9.51. The molecule has 3 nitrogen and oxygen atoms in total. The van der Waals surface area contributed by atoms with Crippen molar-refractivity contribution < 1.29 is 9.53 Å². The Morgan fingerprint density at radius 1 is 1.26 bits per heavy atom. The number of hydrogen-bond donors (Lipinski definition) is 0. The van der Waals surface area contributed by atoms with E-state index < -0.39 is 0 Å². The highest BCUT2D eigenvalue weighted by atomic mass is 16.5. The van der Waals surface area contributed by atoms with Crippen LogP contribution in [0.2, 0.25) is 0 Å². The van der Waals surface area contributed by atoms with Crippen LogP contribution in [-0.4, -0.2) is 10.8 Å². The molecule has 0 radical (unpaired) electrons. The topological polar surface area (TPSA) is 39.2 Å². The predicted octanol–water partition coefficient (Wildman–Crippen LogP) is 3.48. The Hall–Kier alpha value is -2.16. The number of aromatic nitrogens is 1. The van der Waals surface area contributed by atoms with Crippen molar-refractivity contribution in [2.24, 2.45) is 0 Å². The minimum Gasteiger partial charge on any atom is -0.487 e. The number of rotatable bonds is 4. The minimum atomic E-state index is 0.0106. The van der Waals surface area contributed by atoms with E-state index in [1.165, 1.54) is 0 Å². The zero-order chi connectivity index (χ0) is 13.8. The number of aryl methyl sites for hydroxylation is 2. The number of ether oxygens (including phenoxy) is 1. The van der Waals surface area contributed by atoms with Gasteiger partial charge < -0.3 is 4.74 Å². The third kappa shape index (κ3) is 3.19. The number of pyridine rings is 1. The van der Waals surface area contributed by atoms with E-state index in [2.05, 4.69) is 4.98 Å². The fourth-order valence-corrected chi connectivity index (χ4v) is 1.86. The molecule has 0 aliphatic rings. The molecule has 1 heterocycles. The first kappa shape index (κ1) is 13.3. The standard InChI is InChI=1S/C16H17NO2/c1-11-6-7-16(14(9-11)13(3)18)19-10-15-12(2)5-4-8-17-15/h4-9H,10H2,1-3H3. The summed E-state index contributed by atoms with van der Waals surface area (Å²) in [6.07, 6.45) is 1.74. The van der Waals surface area contributed by atoms with E-state index in [-0.39, 0.29) is 5.78 Å². The van der Waals surface area contributed by atoms with E-state index in [0.29, 0.717) is 17.9 Å². The first-order valence-electron chi connectivity index (χ1n) is 6.23. The van der Waals surface area contributed by atoms with E-state index in [1.54, 1.807) is 13.1 Å². The molecule has 2 aromatic rings. The molecule has 0 saturated heterocycles. The van der Waals surface area contributed by atoms with Crippen LogP contribution < -0.4 is 4.74 Å². The first-order chi connectivity index (χ1) is 9.08. The lowest BCUT2D eigenvalue weighted by atomic mass is 10.1. The molecule has 1 aromatic carbocycles. The minimum absolute atomic E-state index is 0.0106. The summed E-state index contributed by atoms with van der Waals surface area (Å²) in [6.45, 7) is 5.87. The summed E-state index contributed by atoms with van der Waals surface area (Å²) < 4.78 is 5.74. The van der Waals surface area contributed by atoms with E-state index in [1.807, 2.05) is 44.2 Å². The fraction of sp³-hybridized carbons (Fsp3) is 0.250. The molecule has 0 aliphatic heterocycles. The van der Waals surface area contributed by atoms with Crippen LogP contribution in [0.15, 0.2) is 36.5 Å². The van der Waals surface area contributed by atoms with Crippen molar-refractivity contribution in [3.05, 3.63) is 58.9 Å². The molecule has 0 spiro atoms. The van der Waals surface area contributed by atoms with Crippen LogP contribution in [0.4, 0.5) is 0 Å². The van der Waals surface area contributed by atoms with Gasteiger partial charge in [0.1, 0.15) is 12.4 Å². The van der Waals surface area contributed by atoms with E-state index in [9.17, 15) is 4.79 Å². The first-order valence-corrected chi connectivity index (χ1v) is 6.23. The van der Waals surface area contributed by atoms with Crippen LogP contribution in [0.1, 0.15) is 34.1 Å². The number of carbonyl (C=O) groups excluding carboxylic acids is 1. The van der Waals surface area contributed by atoms with Crippen molar-refractivity contribution in [1.82, 2.24) is 4.98 Å². The molecule has 0 atom stereocenters. The average Bonchev–Trinajstić information content (AvgIpc) is 2.38. The monoisotopic (exact) mass is 255 g/mol. The van der Waals surface area contributed by atoms with Crippen LogP contribution >= 0.6 is 0 Å². The lowest BCUT2D eigenvalue weighted by Gasteiger charge is -2.11. The third-order valence-electron chi connectivity index (χ3n) is 3.00. The Kier molecular flexibility index (Phi) is 3.95. The number of ketones is 1. The molecular formula is C16H17NO2. The highest BCUT2D eigenvalue weighted by Crippen LogP contribution is 2.22. The van der Waals surface area contributed by atoms with Gasteiger partial charge in [-0.05, 0) is 44.5 Å². The highest BCUT2D eigenvalue weighted by Gasteiger charge is 2.09. The second-order valence-corrected chi connectivity index (χ2v) is 4.61. The van der Waals surface area contributed by atoms with Crippen molar-refractivity contribution in [2.45, 2.75) is 27.4 Å². The lowest BCUT2D eigenvalue weighted by molar-refractivity contribution is 0.101. The molecule has 0 saturated carbocycles. The van der Waals surface area contributed by atoms with Crippen LogP contribution in [0.5, 0.6) is 5.75 Å². The Morgan fingerprint density at radius 2 is 2.05 bits per heavy atom. The van der Waals surface area contributed by atoms with Crippen LogP contribution in [0, 0.1) is 13.8 Å². The molecule has 3 heteroatoms. The van der Waals surface area contributed by atoms with Gasteiger partial charge in [0.15, 0.2) is 5.78 Å². The van der Waals surface area contributed by atoms with E-state index in [4.69, 9.17) is 4.74 Å². The molecule has 19 heavy (non-hydrogen) atoms. The van der Waals surface area contributed by atoms with Gasteiger partial charge in [0.2, 0.25) is 0 Å². The third-order valence-corrected chi connectivity index (χ3v) is 3.00. The normalized spacial score (nSPS) is 10.3. The second-order valence-electron chi connectivity index (χ2n) is 4.61. The molecular weight excluding hydrogens is 238 g/mol. The van der Waals surface area contributed by atoms with Crippen LogP contribution in [0.3, 0.4) is 0 Å². The van der Waals surface area contributed by atoms with Gasteiger partial charge in [-0.15, -0.1) is 0 Å². The second kappa shape index (κ2) is 5.65. The summed E-state index contributed by atoms with van der Waals surface area (Å²) in [5.41, 5.74) is 3.64. The summed E-state index contributed by atoms with van der Waals surface area (Å²) in [5.74, 6) is 0.625. The maximum atomic E-state index is 11.6. The maximum Gasteiger partial charge on any atom is 0.163 e. The van der Waals surface area contributed by atoms with E-state index >= 15 is 0 Å². The van der Waals surface area contributed by atoms with Gasteiger partial charge in [0.25, 0.3) is 0 Å². The fourth-order valence-electron chi connectivity index (χ4n) is 1.86. The van der Waals surface area contributed by atoms with Crippen LogP contribution in [0.25, 0.3) is 0 Å². The maximum absolute atomic E-state index is 11.6. The van der Waals surface area contributed by atoms with Gasteiger partial charge >= 0.3 is 0 Å². The van der Waals surface area contributed by atoms with Crippen molar-refractivity contribution in [3.63, 3.8) is 0 Å². The van der Waals surface area contributed by atoms with Crippen molar-refractivity contribution in [3.8, 4) is 5.75 Å². The van der Waals surface area contributed by atoms with Crippen molar-refractivity contribution in [2.75, 3.05) is 0 Å². The lowest BCUT2D eigenvalue weighted by Crippen LogP contribution is -2.04. The van der Waals surface area contributed by atoms with Gasteiger partial charge in [-0.3, -0.25) is 9.78 Å². The molecule has 0 aliphatic carbocycles. The SMILES string of the molecule is CC(=O)c1cc(C)ccc1OCc1ncccc1C. The molecule has 0 fully saturated rings. The van der Waals surface area contributed by atoms with Gasteiger partial charge in [-0.1, -0.05) is 17.7 Å². The Balaban J connectivity index is 2.20. The summed E-state index contributed by atoms with van der Waals surface area (Å²) in [4.78, 5) is 15.9. The molecule has 0 unspecified atom stereocenters. The highest BCUT2D eigenvalue weighted by molar-refractivity contribution is 5.97. The zero-order valence-electron chi connectivity index (χ0n) is 11.4. The number of carbonyl (C=O) groups is 1. The Morgan fingerprint density at radius 3 is 2.74 bits per heavy atom. The van der Waals surface area contributed by atoms with Crippen molar-refractivity contribution in [1.29, 1.82) is 0 Å². The van der Waals surface area contributed by atoms with Gasteiger partial charge in [0, 0.05) is 6.20 Å². The molecule has 0 amide bonds. The quantitative estimate of drug-likeness (QED) is 0.785. The van der Waals surface area contributed by atoms with Gasteiger partial charge in [0.05, 0.1) is 11.3 Å². The molecule has 0 N–H and O–H groups in total. The average molecular weight is 255 g/mol. The number of nitrogens with zero attached hydrogens (tertiary/aromatic N) is 1. The van der Waals surface area contributed by atoms with Crippen molar-refractivity contribution >= 4 is 5.78 Å². The summed E-state index contributed by atoms with van der Waals surface area (Å²) in [5, 5.41) is 0. The summed E-state index contributed by atoms with van der Waals surface area (Å²) in [7, 11) is 0. The van der Waals surface area contributed by atoms with E-state index in [0.717, 1.165) is 16.8 Å². The number of benzene rings is 1. The van der Waals surface area contributed by atoms with Gasteiger partial charge in [-0.25, -0.2) is 0 Å². The molecule has 1 aromatic heterocycles. The van der Waals surface area contributed by atoms with Gasteiger partial charge in [-0.2, -0.15) is 0 Å². The molecule has 0 bridgehead atoms.